The predicted octanol–water partition coefficient (Wildman–Crippen LogP) is 4.75. The van der Waals surface area contributed by atoms with Gasteiger partial charge in [0.25, 0.3) is 5.91 Å². The van der Waals surface area contributed by atoms with Gasteiger partial charge in [0.2, 0.25) is 0 Å². The topological polar surface area (TPSA) is 45.2 Å². The number of carbonyl (C=O) groups is 1. The van der Waals surface area contributed by atoms with Crippen LogP contribution < -0.4 is 5.32 Å². The molecule has 0 aliphatic carbocycles. The van der Waals surface area contributed by atoms with Crippen molar-refractivity contribution in [3.8, 4) is 0 Å². The zero-order valence-corrected chi connectivity index (χ0v) is 16.2. The molecule has 7 heteroatoms. The number of hydrogen-bond donors (Lipinski definition) is 1. The zero-order valence-electron chi connectivity index (χ0n) is 15.3. The van der Waals surface area contributed by atoms with Crippen molar-refractivity contribution >= 4 is 39.9 Å². The van der Waals surface area contributed by atoms with Gasteiger partial charge >= 0.3 is 0 Å². The van der Waals surface area contributed by atoms with Gasteiger partial charge in [0.1, 0.15) is 5.69 Å². The van der Waals surface area contributed by atoms with Gasteiger partial charge in [-0.2, -0.15) is 11.8 Å². The van der Waals surface area contributed by atoms with Gasteiger partial charge in [-0.15, -0.1) is 0 Å². The minimum absolute atomic E-state index is 0.115. The molecule has 4 rings (SSSR count). The lowest BCUT2D eigenvalue weighted by molar-refractivity contribution is 0.0767. The number of aromatic nitrogens is 1. The van der Waals surface area contributed by atoms with Crippen LogP contribution in [0.3, 0.4) is 0 Å². The summed E-state index contributed by atoms with van der Waals surface area (Å²) in [7, 11) is 0. The molecule has 2 aromatic carbocycles. The van der Waals surface area contributed by atoms with Gasteiger partial charge in [-0.05, 0) is 37.3 Å². The van der Waals surface area contributed by atoms with Gasteiger partial charge < -0.3 is 10.2 Å². The first-order chi connectivity index (χ1) is 13.5. The number of aryl methyl sites for hydroxylation is 1. The summed E-state index contributed by atoms with van der Waals surface area (Å²) in [5.41, 5.74) is 3.09. The molecule has 28 heavy (non-hydrogen) atoms. The number of amides is 1. The molecular weight excluding hydrogens is 380 g/mol. The van der Waals surface area contributed by atoms with Crippen LogP contribution in [0.5, 0.6) is 0 Å². The summed E-state index contributed by atoms with van der Waals surface area (Å²) in [5.74, 6) is -0.116. The number of anilines is 2. The molecule has 0 atom stereocenters. The van der Waals surface area contributed by atoms with Crippen molar-refractivity contribution in [2.75, 3.05) is 29.9 Å². The monoisotopic (exact) mass is 399 g/mol. The van der Waals surface area contributed by atoms with Crippen LogP contribution in [0.1, 0.15) is 16.1 Å². The second kappa shape index (κ2) is 7.75. The highest BCUT2D eigenvalue weighted by molar-refractivity contribution is 7.99. The number of benzene rings is 2. The highest BCUT2D eigenvalue weighted by atomic mass is 32.2. The summed E-state index contributed by atoms with van der Waals surface area (Å²) in [6.45, 7) is 3.36. The minimum atomic E-state index is -0.929. The summed E-state index contributed by atoms with van der Waals surface area (Å²) in [6.07, 6.45) is 0. The Morgan fingerprint density at radius 2 is 1.86 bits per heavy atom. The van der Waals surface area contributed by atoms with Crippen LogP contribution >= 0.6 is 11.8 Å². The van der Waals surface area contributed by atoms with E-state index in [1.54, 1.807) is 11.0 Å². The van der Waals surface area contributed by atoms with Crippen molar-refractivity contribution in [3.05, 3.63) is 65.4 Å². The quantitative estimate of drug-likeness (QED) is 0.690. The number of nitrogens with zero attached hydrogens (tertiary/aromatic N) is 2. The van der Waals surface area contributed by atoms with Crippen molar-refractivity contribution < 1.29 is 13.6 Å². The summed E-state index contributed by atoms with van der Waals surface area (Å²) >= 11 is 1.83. The smallest absolute Gasteiger partial charge is 0.272 e. The summed E-state index contributed by atoms with van der Waals surface area (Å²) < 4.78 is 26.9. The molecule has 0 spiro atoms. The minimum Gasteiger partial charge on any atom is -0.355 e. The van der Waals surface area contributed by atoms with Gasteiger partial charge in [-0.1, -0.05) is 11.6 Å². The van der Waals surface area contributed by atoms with Gasteiger partial charge in [0, 0.05) is 41.7 Å². The van der Waals surface area contributed by atoms with Crippen molar-refractivity contribution in [2.45, 2.75) is 6.92 Å². The van der Waals surface area contributed by atoms with E-state index in [1.807, 2.05) is 36.9 Å². The molecule has 0 radical (unpaired) electrons. The molecule has 1 saturated heterocycles. The molecule has 1 aromatic heterocycles. The number of hydrogen-bond acceptors (Lipinski definition) is 4. The van der Waals surface area contributed by atoms with Crippen molar-refractivity contribution in [1.29, 1.82) is 0 Å². The molecule has 1 fully saturated rings. The fraction of sp³-hybridized carbons (Fsp3) is 0.238. The zero-order chi connectivity index (χ0) is 19.7. The molecular formula is C21H19F2N3OS. The Morgan fingerprint density at radius 3 is 2.61 bits per heavy atom. The number of nitrogens with one attached hydrogen (secondary N) is 1. The molecule has 0 bridgehead atoms. The summed E-state index contributed by atoms with van der Waals surface area (Å²) in [4.78, 5) is 19.3. The SMILES string of the molecule is Cc1ccc2nc(C(=O)N3CCSCC3)cc(Nc3ccc(F)c(F)c3)c2c1. The molecule has 144 valence electrons. The second-order valence-electron chi connectivity index (χ2n) is 6.73. The maximum absolute atomic E-state index is 13.6. The van der Waals surface area contributed by atoms with Crippen LogP contribution in [0, 0.1) is 18.6 Å². The molecule has 0 saturated carbocycles. The van der Waals surface area contributed by atoms with Gasteiger partial charge in [0.15, 0.2) is 11.6 Å². The van der Waals surface area contributed by atoms with Crippen molar-refractivity contribution in [2.24, 2.45) is 0 Å². The Balaban J connectivity index is 1.77. The lowest BCUT2D eigenvalue weighted by Gasteiger charge is -2.26. The Bertz CT molecular complexity index is 1050. The number of pyridine rings is 1. The van der Waals surface area contributed by atoms with E-state index in [0.717, 1.165) is 34.6 Å². The lowest BCUT2D eigenvalue weighted by atomic mass is 10.1. The Kier molecular flexibility index (Phi) is 5.17. The largest absolute Gasteiger partial charge is 0.355 e. The van der Waals surface area contributed by atoms with E-state index in [9.17, 15) is 13.6 Å². The summed E-state index contributed by atoms with van der Waals surface area (Å²) in [6, 6.07) is 11.1. The fourth-order valence-electron chi connectivity index (χ4n) is 3.21. The number of thioether (sulfide) groups is 1. The molecule has 2 heterocycles. The maximum atomic E-state index is 13.6. The Hall–Kier alpha value is -2.67. The van der Waals surface area contributed by atoms with Gasteiger partial charge in [0.05, 0.1) is 11.2 Å². The number of carbonyl (C=O) groups excluding carboxylic acids is 1. The number of fused-ring (bicyclic) bond motifs is 1. The van der Waals surface area contributed by atoms with Crippen LogP contribution in [0.15, 0.2) is 42.5 Å². The molecule has 0 unspecified atom stereocenters. The molecule has 3 aromatic rings. The third-order valence-corrected chi connectivity index (χ3v) is 5.62. The predicted molar refractivity (Wildman–Crippen MR) is 109 cm³/mol. The van der Waals surface area contributed by atoms with Crippen molar-refractivity contribution in [3.63, 3.8) is 0 Å². The standard InChI is InChI=1S/C21H19F2N3OS/c1-13-2-5-18-15(10-13)19(24-14-3-4-16(22)17(23)11-14)12-20(25-18)21(27)26-6-8-28-9-7-26/h2-5,10-12H,6-9H2,1H3,(H,24,25). The van der Waals surface area contributed by atoms with E-state index in [2.05, 4.69) is 10.3 Å². The molecule has 4 nitrogen and oxygen atoms in total. The first-order valence-corrected chi connectivity index (χ1v) is 10.2. The second-order valence-corrected chi connectivity index (χ2v) is 7.96. The van der Waals surface area contributed by atoms with E-state index < -0.39 is 11.6 Å². The Morgan fingerprint density at radius 1 is 1.07 bits per heavy atom. The Labute approximate surface area is 165 Å². The van der Waals surface area contributed by atoms with Crippen LogP contribution in [0.25, 0.3) is 10.9 Å². The highest BCUT2D eigenvalue weighted by Crippen LogP contribution is 2.29. The summed E-state index contributed by atoms with van der Waals surface area (Å²) in [5, 5.41) is 3.93. The first-order valence-electron chi connectivity index (χ1n) is 9.02. The number of halogens is 2. The third-order valence-electron chi connectivity index (χ3n) is 4.68. The average molecular weight is 399 g/mol. The third kappa shape index (κ3) is 3.80. The number of rotatable bonds is 3. The van der Waals surface area contributed by atoms with E-state index in [-0.39, 0.29) is 5.91 Å². The first kappa shape index (κ1) is 18.7. The van der Waals surface area contributed by atoms with Crippen LogP contribution in [-0.2, 0) is 0 Å². The van der Waals surface area contributed by atoms with E-state index >= 15 is 0 Å². The molecule has 1 aliphatic rings. The highest BCUT2D eigenvalue weighted by Gasteiger charge is 2.21. The van der Waals surface area contributed by atoms with Crippen LogP contribution in [0.4, 0.5) is 20.2 Å². The van der Waals surface area contributed by atoms with E-state index in [1.165, 1.54) is 6.07 Å². The molecule has 1 aliphatic heterocycles. The van der Waals surface area contributed by atoms with Crippen molar-refractivity contribution in [1.82, 2.24) is 9.88 Å². The molecule has 1 amide bonds. The van der Waals surface area contributed by atoms with Gasteiger partial charge in [-0.3, -0.25) is 4.79 Å². The van der Waals surface area contributed by atoms with E-state index in [4.69, 9.17) is 0 Å². The maximum Gasteiger partial charge on any atom is 0.272 e. The van der Waals surface area contributed by atoms with Crippen LogP contribution in [-0.4, -0.2) is 40.4 Å². The lowest BCUT2D eigenvalue weighted by Crippen LogP contribution is -2.38. The van der Waals surface area contributed by atoms with Crippen LogP contribution in [0.2, 0.25) is 0 Å². The fourth-order valence-corrected chi connectivity index (χ4v) is 4.11. The van der Waals surface area contributed by atoms with Gasteiger partial charge in [-0.25, -0.2) is 13.8 Å². The molecule has 1 N–H and O–H groups in total. The average Bonchev–Trinajstić information content (AvgIpc) is 2.71. The van der Waals surface area contributed by atoms with E-state index in [0.29, 0.717) is 35.7 Å². The normalized spacial score (nSPS) is 14.3.